The summed E-state index contributed by atoms with van der Waals surface area (Å²) in [5.74, 6) is 0.293. The van der Waals surface area contributed by atoms with Crippen LogP contribution < -0.4 is 5.73 Å². The zero-order chi connectivity index (χ0) is 16.0. The van der Waals surface area contributed by atoms with E-state index in [1.165, 1.54) is 6.33 Å². The summed E-state index contributed by atoms with van der Waals surface area (Å²) in [6, 6.07) is 0. The summed E-state index contributed by atoms with van der Waals surface area (Å²) in [7, 11) is -3.79. The lowest BCUT2D eigenvalue weighted by atomic mass is 10.5. The number of anilines is 1. The van der Waals surface area contributed by atoms with Gasteiger partial charge in [-0.1, -0.05) is 0 Å². The Morgan fingerprint density at radius 2 is 2.14 bits per heavy atom. The second-order valence-corrected chi connectivity index (χ2v) is 6.25. The number of aromatic nitrogens is 4. The number of imidazole rings is 1. The van der Waals surface area contributed by atoms with Gasteiger partial charge in [0.2, 0.25) is 0 Å². The van der Waals surface area contributed by atoms with Crippen molar-refractivity contribution in [3.63, 3.8) is 0 Å². The molecule has 2 aromatic rings. The first-order valence-corrected chi connectivity index (χ1v) is 8.36. The minimum Gasteiger partial charge on any atom is -0.396 e. The summed E-state index contributed by atoms with van der Waals surface area (Å²) in [5, 5.41) is 8.58. The van der Waals surface area contributed by atoms with Crippen molar-refractivity contribution in [2.45, 2.75) is 13.0 Å². The van der Waals surface area contributed by atoms with Crippen LogP contribution in [0.2, 0.25) is 0 Å². The van der Waals surface area contributed by atoms with Crippen LogP contribution in [0.25, 0.3) is 11.2 Å². The number of nitrogen functional groups attached to an aromatic ring is 1. The van der Waals surface area contributed by atoms with Crippen LogP contribution in [0.1, 0.15) is 6.42 Å². The fraction of sp³-hybridized carbons (Fsp3) is 0.545. The largest absolute Gasteiger partial charge is 0.396 e. The molecule has 0 amide bonds. The van der Waals surface area contributed by atoms with E-state index in [1.807, 2.05) is 0 Å². The topological polar surface area (TPSA) is 146 Å². The first-order valence-electron chi connectivity index (χ1n) is 6.60. The van der Waals surface area contributed by atoms with Gasteiger partial charge in [0.05, 0.1) is 19.5 Å². The van der Waals surface area contributed by atoms with Gasteiger partial charge in [-0.15, -0.1) is 0 Å². The molecular weight excluding hydrogens is 313 g/mol. The van der Waals surface area contributed by atoms with Crippen molar-refractivity contribution in [2.24, 2.45) is 0 Å². The van der Waals surface area contributed by atoms with E-state index in [1.54, 1.807) is 10.9 Å². The predicted octanol–water partition coefficient (Wildman–Crippen LogP) is -0.0330. The van der Waals surface area contributed by atoms with Gasteiger partial charge in [0.25, 0.3) is 0 Å². The molecule has 0 aromatic carbocycles. The maximum Gasteiger partial charge on any atom is 0.353 e. The average molecular weight is 331 g/mol. The summed E-state index contributed by atoms with van der Waals surface area (Å²) >= 11 is 0. The Labute approximate surface area is 126 Å². The van der Waals surface area contributed by atoms with E-state index in [-0.39, 0.29) is 19.8 Å². The quantitative estimate of drug-likeness (QED) is 0.425. The molecule has 0 aliphatic heterocycles. The zero-order valence-corrected chi connectivity index (χ0v) is 12.7. The number of nitrogens with zero attached hydrogens (tertiary/aromatic N) is 4. The Morgan fingerprint density at radius 3 is 2.91 bits per heavy atom. The Hall–Kier alpha value is -1.58. The summed E-state index contributed by atoms with van der Waals surface area (Å²) in [6.07, 6.45) is 2.78. The Morgan fingerprint density at radius 1 is 1.32 bits per heavy atom. The molecule has 1 atom stereocenters. The number of ether oxygens (including phenoxy) is 1. The number of rotatable bonds is 9. The van der Waals surface area contributed by atoms with Gasteiger partial charge in [-0.2, -0.15) is 0 Å². The molecule has 10 nitrogen and oxygen atoms in total. The number of hydrogen-bond donors (Lipinski definition) is 3. The molecule has 0 saturated carbocycles. The van der Waals surface area contributed by atoms with Gasteiger partial charge >= 0.3 is 7.60 Å². The highest BCUT2D eigenvalue weighted by molar-refractivity contribution is 7.52. The van der Waals surface area contributed by atoms with Crippen molar-refractivity contribution < 1.29 is 23.8 Å². The van der Waals surface area contributed by atoms with E-state index >= 15 is 0 Å². The molecule has 0 radical (unpaired) electrons. The van der Waals surface area contributed by atoms with E-state index in [9.17, 15) is 9.46 Å². The van der Waals surface area contributed by atoms with E-state index in [0.29, 0.717) is 29.9 Å². The van der Waals surface area contributed by atoms with E-state index in [2.05, 4.69) is 15.0 Å². The highest BCUT2D eigenvalue weighted by Crippen LogP contribution is 2.41. The summed E-state index contributed by atoms with van der Waals surface area (Å²) in [5.41, 5.74) is 6.75. The van der Waals surface area contributed by atoms with Gasteiger partial charge in [0, 0.05) is 13.2 Å². The Balaban J connectivity index is 1.81. The van der Waals surface area contributed by atoms with E-state index < -0.39 is 13.9 Å². The number of aliphatic hydroxyl groups excluding tert-OH is 1. The molecule has 22 heavy (non-hydrogen) atoms. The molecule has 2 heterocycles. The van der Waals surface area contributed by atoms with Crippen molar-refractivity contribution >= 4 is 24.6 Å². The van der Waals surface area contributed by atoms with Gasteiger partial charge in [-0.25, -0.2) is 15.0 Å². The molecular formula is C11H18N5O5P. The number of fused-ring (bicyclic) bond motifs is 1. The zero-order valence-electron chi connectivity index (χ0n) is 11.8. The van der Waals surface area contributed by atoms with Gasteiger partial charge < -0.3 is 29.6 Å². The second-order valence-electron chi connectivity index (χ2n) is 4.45. The third kappa shape index (κ3) is 4.46. The van der Waals surface area contributed by atoms with Crippen molar-refractivity contribution in [1.29, 1.82) is 0 Å². The molecule has 0 aliphatic carbocycles. The molecule has 2 aromatic heterocycles. The van der Waals surface area contributed by atoms with Crippen molar-refractivity contribution in [1.82, 2.24) is 19.5 Å². The van der Waals surface area contributed by atoms with Crippen LogP contribution in [-0.4, -0.2) is 55.7 Å². The van der Waals surface area contributed by atoms with Crippen molar-refractivity contribution in [3.8, 4) is 0 Å². The molecule has 0 aliphatic rings. The lowest BCUT2D eigenvalue weighted by Gasteiger charge is -2.12. The summed E-state index contributed by atoms with van der Waals surface area (Å²) < 4.78 is 23.2. The van der Waals surface area contributed by atoms with Crippen LogP contribution in [0.4, 0.5) is 5.82 Å². The summed E-state index contributed by atoms with van der Waals surface area (Å²) in [4.78, 5) is 21.5. The maximum absolute atomic E-state index is 11.6. The fourth-order valence-corrected chi connectivity index (χ4v) is 2.56. The molecule has 0 fully saturated rings. The van der Waals surface area contributed by atoms with E-state index in [4.69, 9.17) is 20.1 Å². The van der Waals surface area contributed by atoms with Crippen LogP contribution in [-0.2, 0) is 20.4 Å². The predicted molar refractivity (Wildman–Crippen MR) is 78.0 cm³/mol. The molecule has 11 heteroatoms. The minimum absolute atomic E-state index is 0.00991. The molecule has 1 unspecified atom stereocenters. The average Bonchev–Trinajstić information content (AvgIpc) is 2.88. The fourth-order valence-electron chi connectivity index (χ4n) is 1.71. The number of hydrogen-bond acceptors (Lipinski definition) is 8. The van der Waals surface area contributed by atoms with Crippen LogP contribution in [0.15, 0.2) is 12.7 Å². The van der Waals surface area contributed by atoms with Crippen LogP contribution in [0, 0.1) is 0 Å². The molecule has 4 N–H and O–H groups in total. The van der Waals surface area contributed by atoms with Gasteiger partial charge in [0.15, 0.2) is 11.5 Å². The Bertz CT molecular complexity index is 663. The normalized spacial score (nSPS) is 14.3. The third-order valence-corrected chi connectivity index (χ3v) is 3.85. The SMILES string of the molecule is Nc1ncnc2c1ncn2CCOCP(=O)(O)OCCCO. The first-order chi connectivity index (χ1) is 10.5. The van der Waals surface area contributed by atoms with Crippen LogP contribution >= 0.6 is 7.60 Å². The van der Waals surface area contributed by atoms with E-state index in [0.717, 1.165) is 0 Å². The molecule has 122 valence electrons. The van der Waals surface area contributed by atoms with Crippen LogP contribution in [0.3, 0.4) is 0 Å². The lowest BCUT2D eigenvalue weighted by Crippen LogP contribution is -2.08. The van der Waals surface area contributed by atoms with Crippen molar-refractivity contribution in [2.75, 3.05) is 31.9 Å². The van der Waals surface area contributed by atoms with Gasteiger partial charge in [0.1, 0.15) is 18.2 Å². The van der Waals surface area contributed by atoms with Gasteiger partial charge in [-0.05, 0) is 6.42 Å². The Kier molecular flexibility index (Phi) is 5.81. The number of aliphatic hydroxyl groups is 1. The third-order valence-electron chi connectivity index (χ3n) is 2.76. The first kappa shape index (κ1) is 16.8. The smallest absolute Gasteiger partial charge is 0.353 e. The monoisotopic (exact) mass is 331 g/mol. The second kappa shape index (κ2) is 7.61. The van der Waals surface area contributed by atoms with Crippen molar-refractivity contribution in [3.05, 3.63) is 12.7 Å². The van der Waals surface area contributed by atoms with Crippen LogP contribution in [0.5, 0.6) is 0 Å². The highest BCUT2D eigenvalue weighted by atomic mass is 31.2. The summed E-state index contributed by atoms with van der Waals surface area (Å²) in [6.45, 7) is 0.489. The lowest BCUT2D eigenvalue weighted by molar-refractivity contribution is 0.134. The minimum atomic E-state index is -3.79. The highest BCUT2D eigenvalue weighted by Gasteiger charge is 2.19. The molecule has 0 saturated heterocycles. The molecule has 0 bridgehead atoms. The maximum atomic E-state index is 11.6. The standard InChI is InChI=1S/C11H18N5O5P/c12-10-9-11(14-6-13-10)16(7-15-9)2-5-20-8-22(18,19)21-4-1-3-17/h6-7,17H,1-5,8H2,(H,18,19)(H2,12,13,14). The molecule has 2 rings (SSSR count). The number of nitrogens with two attached hydrogens (primary N) is 1. The molecule has 0 spiro atoms. The van der Waals surface area contributed by atoms with Gasteiger partial charge in [-0.3, -0.25) is 4.57 Å².